The molecule has 1 saturated heterocycles. The maximum atomic E-state index is 13.6. The van der Waals surface area contributed by atoms with Crippen LogP contribution in [0.15, 0.2) is 113 Å². The summed E-state index contributed by atoms with van der Waals surface area (Å²) in [5, 5.41) is 21.3. The molecule has 7 nitrogen and oxygen atoms in total. The smallest absolute Gasteiger partial charge is 0.301 e. The van der Waals surface area contributed by atoms with Gasteiger partial charge in [-0.2, -0.15) is 0 Å². The summed E-state index contributed by atoms with van der Waals surface area (Å²) in [7, 11) is 0. The molecule has 1 aromatic heterocycles. The normalized spacial score (nSPS) is 16.0. The number of aliphatic hydroxyl groups excluding tert-OH is 1. The predicted molar refractivity (Wildman–Crippen MR) is 174 cm³/mol. The number of hydrogen-bond acceptors (Lipinski definition) is 8. The molecule has 0 spiro atoms. The number of halogens is 2. The van der Waals surface area contributed by atoms with Crippen LogP contribution in [0.1, 0.15) is 28.3 Å². The van der Waals surface area contributed by atoms with Crippen molar-refractivity contribution in [3.63, 3.8) is 0 Å². The monoisotopic (exact) mass is 659 g/mol. The summed E-state index contributed by atoms with van der Waals surface area (Å²) in [6.07, 6.45) is 0. The van der Waals surface area contributed by atoms with E-state index in [4.69, 9.17) is 27.9 Å². The second-order valence-corrected chi connectivity index (χ2v) is 12.8. The molecule has 1 fully saturated rings. The zero-order chi connectivity index (χ0) is 30.6. The van der Waals surface area contributed by atoms with Crippen molar-refractivity contribution in [1.82, 2.24) is 10.2 Å². The van der Waals surface area contributed by atoms with Gasteiger partial charge in [-0.1, -0.05) is 101 Å². The van der Waals surface area contributed by atoms with Gasteiger partial charge in [0.2, 0.25) is 5.13 Å². The van der Waals surface area contributed by atoms with Crippen molar-refractivity contribution in [2.24, 2.45) is 0 Å². The minimum Gasteiger partial charge on any atom is -0.507 e. The molecular weight excluding hydrogens is 637 g/mol. The van der Waals surface area contributed by atoms with Crippen LogP contribution in [0.2, 0.25) is 10.0 Å². The SMILES string of the molecule is O=C1C(=O)N(c2nnc(SCc3ccc(Cl)cc3)s2)C(c2cccc(OCc3ccccc3)c2)C1=C(O)c1ccc(Cl)cc1. The van der Waals surface area contributed by atoms with Crippen LogP contribution in [-0.4, -0.2) is 27.0 Å². The lowest BCUT2D eigenvalue weighted by atomic mass is 9.95. The van der Waals surface area contributed by atoms with Gasteiger partial charge in [-0.15, -0.1) is 10.2 Å². The number of aliphatic hydroxyl groups is 1. The van der Waals surface area contributed by atoms with Gasteiger partial charge in [0.25, 0.3) is 5.78 Å². The zero-order valence-corrected chi connectivity index (χ0v) is 26.0. The Balaban J connectivity index is 1.36. The van der Waals surface area contributed by atoms with E-state index in [1.54, 1.807) is 48.5 Å². The van der Waals surface area contributed by atoms with Crippen LogP contribution >= 0.6 is 46.3 Å². The molecule has 1 atom stereocenters. The summed E-state index contributed by atoms with van der Waals surface area (Å²) in [4.78, 5) is 28.5. The van der Waals surface area contributed by atoms with Crippen LogP contribution in [-0.2, 0) is 21.9 Å². The van der Waals surface area contributed by atoms with Crippen molar-refractivity contribution in [2.45, 2.75) is 22.7 Å². The van der Waals surface area contributed by atoms with E-state index >= 15 is 0 Å². The molecule has 1 aliphatic rings. The van der Waals surface area contributed by atoms with Crippen LogP contribution in [0.5, 0.6) is 5.75 Å². The Hall–Kier alpha value is -4.15. The third kappa shape index (κ3) is 6.51. The van der Waals surface area contributed by atoms with E-state index in [0.29, 0.717) is 43.6 Å². The number of hydrogen-bond donors (Lipinski definition) is 1. The highest BCUT2D eigenvalue weighted by Crippen LogP contribution is 2.44. The van der Waals surface area contributed by atoms with Crippen molar-refractivity contribution in [3.8, 4) is 5.75 Å². The molecule has 1 amide bonds. The highest BCUT2D eigenvalue weighted by Gasteiger charge is 2.48. The number of ketones is 1. The van der Waals surface area contributed by atoms with E-state index < -0.39 is 17.7 Å². The van der Waals surface area contributed by atoms with Crippen LogP contribution in [0, 0.1) is 0 Å². The first kappa shape index (κ1) is 29.9. The van der Waals surface area contributed by atoms with Gasteiger partial charge in [-0.25, -0.2) is 0 Å². The van der Waals surface area contributed by atoms with Gasteiger partial charge >= 0.3 is 5.91 Å². The fraction of sp³-hybridized carbons (Fsp3) is 0.0909. The lowest BCUT2D eigenvalue weighted by Crippen LogP contribution is -2.29. The number of nitrogens with zero attached hydrogens (tertiary/aromatic N) is 3. The first-order valence-corrected chi connectivity index (χ1v) is 16.0. The number of anilines is 1. The molecule has 1 aliphatic heterocycles. The molecule has 6 rings (SSSR count). The predicted octanol–water partition coefficient (Wildman–Crippen LogP) is 8.34. The Labute approximate surface area is 271 Å². The number of aromatic nitrogens is 2. The highest BCUT2D eigenvalue weighted by atomic mass is 35.5. The summed E-state index contributed by atoms with van der Waals surface area (Å²) in [5.74, 6) is -0.800. The van der Waals surface area contributed by atoms with E-state index in [1.807, 2.05) is 54.6 Å². The number of carbonyl (C=O) groups is 2. The number of benzene rings is 4. The van der Waals surface area contributed by atoms with E-state index in [0.717, 1.165) is 11.1 Å². The van der Waals surface area contributed by atoms with Crippen LogP contribution in [0.25, 0.3) is 5.76 Å². The van der Waals surface area contributed by atoms with Crippen molar-refractivity contribution in [2.75, 3.05) is 4.90 Å². The number of amides is 1. The molecule has 11 heteroatoms. The topological polar surface area (TPSA) is 92.6 Å². The number of Topliss-reactive ketones (excluding diaryl/α,β-unsaturated/α-hetero) is 1. The lowest BCUT2D eigenvalue weighted by molar-refractivity contribution is -0.132. The van der Waals surface area contributed by atoms with Gasteiger partial charge < -0.3 is 9.84 Å². The van der Waals surface area contributed by atoms with Crippen molar-refractivity contribution in [3.05, 3.63) is 141 Å². The summed E-state index contributed by atoms with van der Waals surface area (Å²) in [6, 6.07) is 29.8. The Morgan fingerprint density at radius 3 is 2.30 bits per heavy atom. The maximum Gasteiger partial charge on any atom is 0.301 e. The molecule has 0 radical (unpaired) electrons. The summed E-state index contributed by atoms with van der Waals surface area (Å²) < 4.78 is 6.67. The van der Waals surface area contributed by atoms with Crippen molar-refractivity contribution >= 4 is 68.9 Å². The molecule has 0 bridgehead atoms. The number of thioether (sulfide) groups is 1. The lowest BCUT2D eigenvalue weighted by Gasteiger charge is -2.23. The van der Waals surface area contributed by atoms with E-state index in [-0.39, 0.29) is 16.5 Å². The van der Waals surface area contributed by atoms with E-state index in [2.05, 4.69) is 10.2 Å². The second kappa shape index (κ2) is 13.2. The Kier molecular flexibility index (Phi) is 8.99. The molecular formula is C33H23Cl2N3O4S2. The first-order chi connectivity index (χ1) is 21.4. The van der Waals surface area contributed by atoms with Crippen molar-refractivity contribution < 1.29 is 19.4 Å². The third-order valence-corrected chi connectivity index (χ3v) is 9.49. The molecule has 5 aromatic rings. The summed E-state index contributed by atoms with van der Waals surface area (Å²) in [6.45, 7) is 0.333. The largest absolute Gasteiger partial charge is 0.507 e. The average molecular weight is 661 g/mol. The summed E-state index contributed by atoms with van der Waals surface area (Å²) >= 11 is 14.7. The summed E-state index contributed by atoms with van der Waals surface area (Å²) in [5.41, 5.74) is 2.89. The Morgan fingerprint density at radius 1 is 0.864 bits per heavy atom. The Bertz CT molecular complexity index is 1850. The van der Waals surface area contributed by atoms with Crippen molar-refractivity contribution in [1.29, 1.82) is 0 Å². The zero-order valence-electron chi connectivity index (χ0n) is 22.9. The number of ether oxygens (including phenoxy) is 1. The highest BCUT2D eigenvalue weighted by molar-refractivity contribution is 8.00. The van der Waals surface area contributed by atoms with E-state index in [9.17, 15) is 14.7 Å². The molecule has 220 valence electrons. The average Bonchev–Trinajstić information content (AvgIpc) is 3.62. The van der Waals surface area contributed by atoms with Crippen LogP contribution in [0.3, 0.4) is 0 Å². The minimum atomic E-state index is -0.979. The molecule has 44 heavy (non-hydrogen) atoms. The molecule has 4 aromatic carbocycles. The minimum absolute atomic E-state index is 0.0666. The number of carbonyl (C=O) groups excluding carboxylic acids is 2. The first-order valence-electron chi connectivity index (χ1n) is 13.4. The number of rotatable bonds is 9. The van der Waals surface area contributed by atoms with Gasteiger partial charge in [-0.3, -0.25) is 14.5 Å². The van der Waals surface area contributed by atoms with Gasteiger partial charge in [0.15, 0.2) is 4.34 Å². The van der Waals surface area contributed by atoms with Crippen LogP contribution < -0.4 is 9.64 Å². The molecule has 0 saturated carbocycles. The molecule has 2 heterocycles. The van der Waals surface area contributed by atoms with Gasteiger partial charge in [0.05, 0.1) is 11.6 Å². The van der Waals surface area contributed by atoms with Gasteiger partial charge in [0, 0.05) is 21.4 Å². The fourth-order valence-electron chi connectivity index (χ4n) is 4.71. The quantitative estimate of drug-likeness (QED) is 0.0559. The van der Waals surface area contributed by atoms with Crippen LogP contribution in [0.4, 0.5) is 5.13 Å². The maximum absolute atomic E-state index is 13.6. The fourth-order valence-corrected chi connectivity index (χ4v) is 6.78. The van der Waals surface area contributed by atoms with E-state index in [1.165, 1.54) is 28.0 Å². The molecule has 1 N–H and O–H groups in total. The third-order valence-electron chi connectivity index (χ3n) is 6.86. The molecule has 1 unspecified atom stereocenters. The standard InChI is InChI=1S/C33H23Cl2N3O4S2/c34-24-13-9-21(10-14-24)19-43-33-37-36-32(44-33)38-28(23-7-4-8-26(17-23)42-18-20-5-2-1-3-6-20)27(30(40)31(38)41)29(39)22-11-15-25(35)16-12-22/h1-17,28,39H,18-19H2. The molecule has 0 aliphatic carbocycles. The Morgan fingerprint density at radius 2 is 1.57 bits per heavy atom. The van der Waals surface area contributed by atoms with Gasteiger partial charge in [-0.05, 0) is 65.2 Å². The second-order valence-electron chi connectivity index (χ2n) is 9.79. The van der Waals surface area contributed by atoms with Gasteiger partial charge in [0.1, 0.15) is 18.1 Å².